The number of amides is 1. The molecular formula is C16H15BrN2O2. The van der Waals surface area contributed by atoms with Crippen LogP contribution in [0.3, 0.4) is 0 Å². The van der Waals surface area contributed by atoms with Crippen LogP contribution >= 0.6 is 15.9 Å². The lowest BCUT2D eigenvalue weighted by atomic mass is 9.99. The summed E-state index contributed by atoms with van der Waals surface area (Å²) in [6.45, 7) is 0.0668. The van der Waals surface area contributed by atoms with E-state index in [2.05, 4.69) is 21.2 Å². The maximum atomic E-state index is 11.4. The van der Waals surface area contributed by atoms with Gasteiger partial charge in [-0.3, -0.25) is 4.79 Å². The van der Waals surface area contributed by atoms with Crippen LogP contribution in [-0.2, 0) is 11.2 Å². The molecule has 1 unspecified atom stereocenters. The zero-order valence-electron chi connectivity index (χ0n) is 11.3. The van der Waals surface area contributed by atoms with Crippen LogP contribution in [0.2, 0.25) is 0 Å². The molecule has 108 valence electrons. The normalized spacial score (nSPS) is 14.9. The van der Waals surface area contributed by atoms with Crippen molar-refractivity contribution in [2.45, 2.75) is 12.5 Å². The molecule has 0 radical (unpaired) electrons. The summed E-state index contributed by atoms with van der Waals surface area (Å²) < 4.78 is 6.39. The Morgan fingerprint density at radius 3 is 2.76 bits per heavy atom. The lowest BCUT2D eigenvalue weighted by Gasteiger charge is -2.20. The summed E-state index contributed by atoms with van der Waals surface area (Å²) in [5.74, 6) is 0.551. The van der Waals surface area contributed by atoms with E-state index in [4.69, 9.17) is 10.5 Å². The number of carbonyl (C=O) groups is 1. The molecule has 1 atom stereocenters. The van der Waals surface area contributed by atoms with Gasteiger partial charge >= 0.3 is 0 Å². The maximum Gasteiger partial charge on any atom is 0.262 e. The smallest absolute Gasteiger partial charge is 0.262 e. The van der Waals surface area contributed by atoms with Crippen LogP contribution in [0.15, 0.2) is 46.9 Å². The Hall–Kier alpha value is -1.85. The fraction of sp³-hybridized carbons (Fsp3) is 0.188. The van der Waals surface area contributed by atoms with Gasteiger partial charge in [-0.05, 0) is 41.8 Å². The Morgan fingerprint density at radius 2 is 2.00 bits per heavy atom. The monoisotopic (exact) mass is 346 g/mol. The van der Waals surface area contributed by atoms with Crippen molar-refractivity contribution >= 4 is 27.5 Å². The van der Waals surface area contributed by atoms with Crippen LogP contribution in [0.4, 0.5) is 5.69 Å². The molecule has 1 amide bonds. The van der Waals surface area contributed by atoms with E-state index in [-0.39, 0.29) is 18.6 Å². The van der Waals surface area contributed by atoms with Crippen molar-refractivity contribution in [3.63, 3.8) is 0 Å². The highest BCUT2D eigenvalue weighted by Gasteiger charge is 2.17. The number of benzene rings is 2. The number of carbonyl (C=O) groups excluding carboxylic acids is 1. The molecule has 0 aliphatic carbocycles. The number of halogens is 1. The summed E-state index contributed by atoms with van der Waals surface area (Å²) in [6, 6.07) is 13.7. The van der Waals surface area contributed by atoms with E-state index in [9.17, 15) is 4.79 Å². The second-order valence-corrected chi connectivity index (χ2v) is 5.95. The summed E-state index contributed by atoms with van der Waals surface area (Å²) in [7, 11) is 0. The highest BCUT2D eigenvalue weighted by molar-refractivity contribution is 9.10. The molecule has 1 heterocycles. The molecule has 4 nitrogen and oxygen atoms in total. The average molecular weight is 347 g/mol. The number of rotatable bonds is 3. The van der Waals surface area contributed by atoms with E-state index in [1.807, 2.05) is 42.5 Å². The average Bonchev–Trinajstić information content (AvgIpc) is 2.48. The van der Waals surface area contributed by atoms with Crippen molar-refractivity contribution in [3.05, 3.63) is 58.1 Å². The molecule has 0 saturated carbocycles. The van der Waals surface area contributed by atoms with Crippen molar-refractivity contribution in [2.75, 3.05) is 11.9 Å². The molecule has 3 rings (SSSR count). The van der Waals surface area contributed by atoms with E-state index in [1.165, 1.54) is 5.56 Å². The Morgan fingerprint density at radius 1 is 1.24 bits per heavy atom. The van der Waals surface area contributed by atoms with Crippen molar-refractivity contribution < 1.29 is 9.53 Å². The van der Waals surface area contributed by atoms with Gasteiger partial charge in [0.05, 0.1) is 5.69 Å². The minimum Gasteiger partial charge on any atom is -0.482 e. The molecule has 2 aromatic rings. The van der Waals surface area contributed by atoms with Crippen LogP contribution in [-0.4, -0.2) is 12.5 Å². The molecule has 5 heteroatoms. The Kier molecular flexibility index (Phi) is 3.94. The highest BCUT2D eigenvalue weighted by atomic mass is 79.9. The number of hydrogen-bond donors (Lipinski definition) is 2. The second kappa shape index (κ2) is 5.87. The van der Waals surface area contributed by atoms with Gasteiger partial charge in [0.25, 0.3) is 5.91 Å². The van der Waals surface area contributed by atoms with Crippen molar-refractivity contribution in [1.82, 2.24) is 0 Å². The number of anilines is 1. The van der Waals surface area contributed by atoms with Crippen molar-refractivity contribution in [1.29, 1.82) is 0 Å². The van der Waals surface area contributed by atoms with Gasteiger partial charge < -0.3 is 15.8 Å². The van der Waals surface area contributed by atoms with Gasteiger partial charge in [0.15, 0.2) is 6.61 Å². The first-order chi connectivity index (χ1) is 10.1. The van der Waals surface area contributed by atoms with E-state index in [0.29, 0.717) is 11.4 Å². The molecule has 1 aliphatic rings. The van der Waals surface area contributed by atoms with Crippen molar-refractivity contribution in [2.24, 2.45) is 5.73 Å². The van der Waals surface area contributed by atoms with E-state index >= 15 is 0 Å². The maximum absolute atomic E-state index is 11.4. The van der Waals surface area contributed by atoms with Gasteiger partial charge in [-0.15, -0.1) is 0 Å². The lowest BCUT2D eigenvalue weighted by molar-refractivity contribution is -0.118. The lowest BCUT2D eigenvalue weighted by Crippen LogP contribution is -2.25. The van der Waals surface area contributed by atoms with Crippen molar-refractivity contribution in [3.8, 4) is 5.75 Å². The van der Waals surface area contributed by atoms with Gasteiger partial charge in [-0.25, -0.2) is 0 Å². The predicted molar refractivity (Wildman–Crippen MR) is 85.3 cm³/mol. The number of nitrogens with two attached hydrogens (primary N) is 1. The first kappa shape index (κ1) is 14.1. The summed E-state index contributed by atoms with van der Waals surface area (Å²) in [5, 5.41) is 2.80. The summed E-state index contributed by atoms with van der Waals surface area (Å²) >= 11 is 3.42. The molecule has 0 fully saturated rings. The van der Waals surface area contributed by atoms with Gasteiger partial charge in [-0.2, -0.15) is 0 Å². The number of hydrogen-bond acceptors (Lipinski definition) is 3. The fourth-order valence-electron chi connectivity index (χ4n) is 2.32. The predicted octanol–water partition coefficient (Wildman–Crippen LogP) is 3.02. The second-order valence-electron chi connectivity index (χ2n) is 5.03. The molecule has 2 aromatic carbocycles. The van der Waals surface area contributed by atoms with Crippen LogP contribution in [0.1, 0.15) is 17.2 Å². The molecule has 0 spiro atoms. The highest BCUT2D eigenvalue weighted by Crippen LogP contribution is 2.30. The molecule has 3 N–H and O–H groups in total. The molecular weight excluding hydrogens is 332 g/mol. The summed E-state index contributed by atoms with van der Waals surface area (Å²) in [5.41, 5.74) is 9.10. The van der Waals surface area contributed by atoms with E-state index in [1.54, 1.807) is 0 Å². The Bertz CT molecular complexity index is 670. The van der Waals surface area contributed by atoms with Gasteiger partial charge in [0, 0.05) is 10.5 Å². The minimum absolute atomic E-state index is 0.0668. The third-order valence-corrected chi connectivity index (χ3v) is 3.96. The number of nitrogens with one attached hydrogen (secondary N) is 1. The quantitative estimate of drug-likeness (QED) is 0.897. The van der Waals surface area contributed by atoms with Crippen LogP contribution < -0.4 is 15.8 Å². The van der Waals surface area contributed by atoms with E-state index < -0.39 is 0 Å². The first-order valence-corrected chi connectivity index (χ1v) is 7.48. The summed E-state index contributed by atoms with van der Waals surface area (Å²) in [4.78, 5) is 11.4. The van der Waals surface area contributed by atoms with Crippen LogP contribution in [0.25, 0.3) is 0 Å². The summed E-state index contributed by atoms with van der Waals surface area (Å²) in [6.07, 6.45) is 0.737. The Labute approximate surface area is 131 Å². The SMILES string of the molecule is NC(Cc1ccc(Br)cc1)c1ccc2c(c1)NC(=O)CO2. The number of fused-ring (bicyclic) bond motifs is 1. The molecule has 0 aromatic heterocycles. The zero-order chi connectivity index (χ0) is 14.8. The standard InChI is InChI=1S/C16H15BrN2O2/c17-12-4-1-10(2-5-12)7-13(18)11-3-6-15-14(8-11)19-16(20)9-21-15/h1-6,8,13H,7,9,18H2,(H,19,20). The fourth-order valence-corrected chi connectivity index (χ4v) is 2.59. The third-order valence-electron chi connectivity index (χ3n) is 3.43. The molecule has 0 bridgehead atoms. The largest absolute Gasteiger partial charge is 0.482 e. The van der Waals surface area contributed by atoms with Gasteiger partial charge in [0.1, 0.15) is 5.75 Å². The van der Waals surface area contributed by atoms with Gasteiger partial charge in [-0.1, -0.05) is 34.1 Å². The topological polar surface area (TPSA) is 64.3 Å². The molecule has 1 aliphatic heterocycles. The van der Waals surface area contributed by atoms with E-state index in [0.717, 1.165) is 16.5 Å². The number of ether oxygens (including phenoxy) is 1. The third kappa shape index (κ3) is 3.25. The first-order valence-electron chi connectivity index (χ1n) is 6.68. The Balaban J connectivity index is 1.78. The molecule has 0 saturated heterocycles. The van der Waals surface area contributed by atoms with Crippen LogP contribution in [0.5, 0.6) is 5.75 Å². The van der Waals surface area contributed by atoms with Gasteiger partial charge in [0.2, 0.25) is 0 Å². The zero-order valence-corrected chi connectivity index (χ0v) is 12.9. The molecule has 21 heavy (non-hydrogen) atoms. The van der Waals surface area contributed by atoms with Crippen LogP contribution in [0, 0.1) is 0 Å². The minimum atomic E-state index is -0.138.